The minimum absolute atomic E-state index is 0.600. The predicted molar refractivity (Wildman–Crippen MR) is 70.0 cm³/mol. The van der Waals surface area contributed by atoms with Crippen molar-refractivity contribution >= 4 is 6.29 Å². The van der Waals surface area contributed by atoms with Gasteiger partial charge in [-0.15, -0.1) is 0 Å². The monoisotopic (exact) mass is 244 g/mol. The third kappa shape index (κ3) is 2.14. The van der Waals surface area contributed by atoms with Gasteiger partial charge in [0.15, 0.2) is 6.29 Å². The summed E-state index contributed by atoms with van der Waals surface area (Å²) in [5.74, 6) is 0.821. The summed E-state index contributed by atoms with van der Waals surface area (Å²) < 4.78 is 6.88. The van der Waals surface area contributed by atoms with Crippen LogP contribution in [0.3, 0.4) is 0 Å². The molecule has 0 radical (unpaired) electrons. The summed E-state index contributed by atoms with van der Waals surface area (Å²) in [6.45, 7) is 4.65. The van der Waals surface area contributed by atoms with E-state index in [9.17, 15) is 4.79 Å². The highest BCUT2D eigenvalue weighted by atomic mass is 16.5. The summed E-state index contributed by atoms with van der Waals surface area (Å²) in [6.07, 6.45) is 0.832. The van der Waals surface area contributed by atoms with Gasteiger partial charge in [-0.3, -0.25) is 9.48 Å². The number of aromatic nitrogens is 2. The van der Waals surface area contributed by atoms with E-state index < -0.39 is 0 Å². The average molecular weight is 244 g/mol. The zero-order valence-electron chi connectivity index (χ0n) is 10.8. The van der Waals surface area contributed by atoms with Crippen molar-refractivity contribution in [3.8, 4) is 17.0 Å². The molecule has 0 fully saturated rings. The maximum absolute atomic E-state index is 10.9. The van der Waals surface area contributed by atoms with Crippen molar-refractivity contribution in [2.45, 2.75) is 20.4 Å². The Bertz CT molecular complexity index is 573. The van der Waals surface area contributed by atoms with Crippen molar-refractivity contribution < 1.29 is 9.53 Å². The van der Waals surface area contributed by atoms with Crippen LogP contribution >= 0.6 is 0 Å². The minimum Gasteiger partial charge on any atom is -0.497 e. The van der Waals surface area contributed by atoms with E-state index in [4.69, 9.17) is 4.74 Å². The van der Waals surface area contributed by atoms with Crippen LogP contribution in [-0.4, -0.2) is 23.2 Å². The van der Waals surface area contributed by atoms with Crippen LogP contribution in [0, 0.1) is 6.92 Å². The topological polar surface area (TPSA) is 44.1 Å². The molecule has 18 heavy (non-hydrogen) atoms. The van der Waals surface area contributed by atoms with Gasteiger partial charge < -0.3 is 4.74 Å². The van der Waals surface area contributed by atoms with E-state index in [1.54, 1.807) is 11.8 Å². The first kappa shape index (κ1) is 12.4. The van der Waals surface area contributed by atoms with Crippen molar-refractivity contribution in [1.82, 2.24) is 9.78 Å². The lowest BCUT2D eigenvalue weighted by molar-refractivity contribution is 0.111. The van der Waals surface area contributed by atoms with Crippen molar-refractivity contribution in [2.24, 2.45) is 0 Å². The SMILES string of the molecule is CCn1nc(-c2ccc(OC)cc2C)cc1C=O. The van der Waals surface area contributed by atoms with Crippen LogP contribution in [0.5, 0.6) is 5.75 Å². The second-order valence-electron chi connectivity index (χ2n) is 4.07. The van der Waals surface area contributed by atoms with Gasteiger partial charge >= 0.3 is 0 Å². The first-order valence-electron chi connectivity index (χ1n) is 5.87. The fourth-order valence-corrected chi connectivity index (χ4v) is 1.96. The van der Waals surface area contributed by atoms with Crippen LogP contribution in [0.4, 0.5) is 0 Å². The Morgan fingerprint density at radius 1 is 1.39 bits per heavy atom. The number of carbonyl (C=O) groups is 1. The van der Waals surface area contributed by atoms with Crippen molar-refractivity contribution in [3.63, 3.8) is 0 Å². The Hall–Kier alpha value is -2.10. The lowest BCUT2D eigenvalue weighted by atomic mass is 10.1. The van der Waals surface area contributed by atoms with E-state index in [1.807, 2.05) is 38.1 Å². The summed E-state index contributed by atoms with van der Waals surface area (Å²) in [5, 5.41) is 4.43. The number of aldehydes is 1. The first-order valence-corrected chi connectivity index (χ1v) is 5.87. The largest absolute Gasteiger partial charge is 0.497 e. The molecule has 4 nitrogen and oxygen atoms in total. The lowest BCUT2D eigenvalue weighted by Crippen LogP contribution is -2.01. The zero-order valence-corrected chi connectivity index (χ0v) is 10.8. The van der Waals surface area contributed by atoms with E-state index in [-0.39, 0.29) is 0 Å². The third-order valence-corrected chi connectivity index (χ3v) is 2.94. The number of hydrogen-bond donors (Lipinski definition) is 0. The maximum Gasteiger partial charge on any atom is 0.168 e. The molecule has 0 aliphatic heterocycles. The molecule has 1 aromatic heterocycles. The predicted octanol–water partition coefficient (Wildman–Crippen LogP) is 2.70. The Balaban J connectivity index is 2.48. The molecule has 94 valence electrons. The molecule has 1 aromatic carbocycles. The quantitative estimate of drug-likeness (QED) is 0.777. The van der Waals surface area contributed by atoms with E-state index in [0.717, 1.165) is 28.9 Å². The van der Waals surface area contributed by atoms with E-state index in [0.29, 0.717) is 12.2 Å². The van der Waals surface area contributed by atoms with Gasteiger partial charge in [0.25, 0.3) is 0 Å². The second kappa shape index (κ2) is 5.04. The summed E-state index contributed by atoms with van der Waals surface area (Å²) >= 11 is 0. The molecule has 0 N–H and O–H groups in total. The molecule has 2 rings (SSSR count). The molecule has 0 saturated carbocycles. The third-order valence-electron chi connectivity index (χ3n) is 2.94. The summed E-state index contributed by atoms with van der Waals surface area (Å²) in [6, 6.07) is 7.63. The van der Waals surface area contributed by atoms with E-state index in [2.05, 4.69) is 5.10 Å². The van der Waals surface area contributed by atoms with Gasteiger partial charge in [0.05, 0.1) is 12.8 Å². The maximum atomic E-state index is 10.9. The highest BCUT2D eigenvalue weighted by Gasteiger charge is 2.10. The molecule has 4 heteroatoms. The number of methoxy groups -OCH3 is 1. The van der Waals surface area contributed by atoms with Gasteiger partial charge in [0.1, 0.15) is 11.4 Å². The summed E-state index contributed by atoms with van der Waals surface area (Å²) in [7, 11) is 1.64. The van der Waals surface area contributed by atoms with E-state index in [1.165, 1.54) is 0 Å². The van der Waals surface area contributed by atoms with Gasteiger partial charge in [0.2, 0.25) is 0 Å². The molecule has 0 atom stereocenters. The zero-order chi connectivity index (χ0) is 13.1. The summed E-state index contributed by atoms with van der Waals surface area (Å²) in [5.41, 5.74) is 3.51. The molecular weight excluding hydrogens is 228 g/mol. The number of carbonyl (C=O) groups excluding carboxylic acids is 1. The van der Waals surface area contributed by atoms with Gasteiger partial charge in [0, 0.05) is 12.1 Å². The Kier molecular flexibility index (Phi) is 3.46. The number of rotatable bonds is 4. The Labute approximate surface area is 106 Å². The van der Waals surface area contributed by atoms with Crippen LogP contribution in [0.15, 0.2) is 24.3 Å². The van der Waals surface area contributed by atoms with Crippen LogP contribution < -0.4 is 4.74 Å². The smallest absolute Gasteiger partial charge is 0.168 e. The average Bonchev–Trinajstić information content (AvgIpc) is 2.81. The summed E-state index contributed by atoms with van der Waals surface area (Å²) in [4.78, 5) is 10.9. The van der Waals surface area contributed by atoms with Gasteiger partial charge in [-0.1, -0.05) is 0 Å². The van der Waals surface area contributed by atoms with Crippen molar-refractivity contribution in [2.75, 3.05) is 7.11 Å². The molecule has 2 aromatic rings. The van der Waals surface area contributed by atoms with Gasteiger partial charge in [-0.2, -0.15) is 5.10 Å². The van der Waals surface area contributed by atoms with Crippen LogP contribution in [0.1, 0.15) is 23.0 Å². The molecule has 0 saturated heterocycles. The second-order valence-corrected chi connectivity index (χ2v) is 4.07. The molecule has 0 aliphatic rings. The van der Waals surface area contributed by atoms with Crippen molar-refractivity contribution in [1.29, 1.82) is 0 Å². The standard InChI is InChI=1S/C14H16N2O2/c1-4-16-11(9-17)8-14(15-16)13-6-5-12(18-3)7-10(13)2/h5-9H,4H2,1-3H3. The minimum atomic E-state index is 0.600. The number of benzene rings is 1. The molecular formula is C14H16N2O2. The first-order chi connectivity index (χ1) is 8.69. The van der Waals surface area contributed by atoms with Crippen molar-refractivity contribution in [3.05, 3.63) is 35.5 Å². The number of hydrogen-bond acceptors (Lipinski definition) is 3. The molecule has 0 unspecified atom stereocenters. The number of aryl methyl sites for hydroxylation is 2. The van der Waals surface area contributed by atoms with Gasteiger partial charge in [-0.05, 0) is 43.7 Å². The molecule has 0 spiro atoms. The van der Waals surface area contributed by atoms with Gasteiger partial charge in [-0.25, -0.2) is 0 Å². The molecule has 0 aliphatic carbocycles. The molecule has 0 bridgehead atoms. The number of nitrogens with zero attached hydrogens (tertiary/aromatic N) is 2. The highest BCUT2D eigenvalue weighted by Crippen LogP contribution is 2.26. The fourth-order valence-electron chi connectivity index (χ4n) is 1.96. The number of ether oxygens (including phenoxy) is 1. The van der Waals surface area contributed by atoms with Crippen LogP contribution in [0.2, 0.25) is 0 Å². The molecule has 1 heterocycles. The van der Waals surface area contributed by atoms with Crippen LogP contribution in [-0.2, 0) is 6.54 Å². The highest BCUT2D eigenvalue weighted by molar-refractivity contribution is 5.76. The Morgan fingerprint density at radius 3 is 2.67 bits per heavy atom. The Morgan fingerprint density at radius 2 is 2.17 bits per heavy atom. The molecule has 0 amide bonds. The van der Waals surface area contributed by atoms with E-state index >= 15 is 0 Å². The van der Waals surface area contributed by atoms with Crippen LogP contribution in [0.25, 0.3) is 11.3 Å². The normalized spacial score (nSPS) is 10.4. The lowest BCUT2D eigenvalue weighted by Gasteiger charge is -2.05. The fraction of sp³-hybridized carbons (Fsp3) is 0.286.